The molecule has 0 aliphatic heterocycles. The van der Waals surface area contributed by atoms with E-state index in [1.807, 2.05) is 0 Å². The Bertz CT molecular complexity index is 193. The highest BCUT2D eigenvalue weighted by molar-refractivity contribution is 5.98. The van der Waals surface area contributed by atoms with Crippen LogP contribution in [0.15, 0.2) is 0 Å². The van der Waals surface area contributed by atoms with Gasteiger partial charge in [0.15, 0.2) is 0 Å². The highest BCUT2D eigenvalue weighted by Crippen LogP contribution is 1.85. The molecule has 0 heterocycles. The predicted molar refractivity (Wildman–Crippen MR) is 41.1 cm³/mol. The lowest BCUT2D eigenvalue weighted by Crippen LogP contribution is -2.40. The summed E-state index contributed by atoms with van der Waals surface area (Å²) in [5.74, 6) is -1.60. The summed E-state index contributed by atoms with van der Waals surface area (Å²) >= 11 is 0. The Kier molecular flexibility index (Phi) is 8.92. The Morgan fingerprint density at radius 3 is 1.69 bits per heavy atom. The van der Waals surface area contributed by atoms with Crippen molar-refractivity contribution in [2.45, 2.75) is 6.04 Å². The number of ether oxygens (including phenoxy) is 2. The molecule has 74 valence electrons. The first-order valence-corrected chi connectivity index (χ1v) is 2.97. The van der Waals surface area contributed by atoms with Gasteiger partial charge in [0.2, 0.25) is 6.04 Å². The van der Waals surface area contributed by atoms with Crippen LogP contribution in [0.2, 0.25) is 0 Å². The number of isocyanates is 1. The molecule has 0 saturated heterocycles. The van der Waals surface area contributed by atoms with Gasteiger partial charge in [0.1, 0.15) is 0 Å². The maximum atomic E-state index is 10.5. The van der Waals surface area contributed by atoms with E-state index in [-0.39, 0.29) is 0 Å². The number of nitrogens with zero attached hydrogens (tertiary/aromatic N) is 1. The van der Waals surface area contributed by atoms with Gasteiger partial charge < -0.3 is 20.6 Å². The van der Waals surface area contributed by atoms with Crippen LogP contribution in [-0.4, -0.2) is 38.3 Å². The van der Waals surface area contributed by atoms with E-state index in [9.17, 15) is 9.59 Å². The average Bonchev–Trinajstić information content (AvgIpc) is 2.15. The second-order valence-corrected chi connectivity index (χ2v) is 1.62. The van der Waals surface area contributed by atoms with E-state index in [0.717, 1.165) is 14.2 Å². The molecule has 0 rings (SSSR count). The van der Waals surface area contributed by atoms with Crippen LogP contribution < -0.4 is 5.73 Å². The Labute approximate surface area is 74.3 Å². The fourth-order valence-corrected chi connectivity index (χ4v) is 0.350. The lowest BCUT2D eigenvalue weighted by molar-refractivity contribution is -0.153. The topological polar surface area (TPSA) is 118 Å². The molecule has 0 radical (unpaired) electrons. The van der Waals surface area contributed by atoms with Crippen molar-refractivity contribution < 1.29 is 23.9 Å². The molecule has 0 aliphatic rings. The molecule has 0 fully saturated rings. The van der Waals surface area contributed by atoms with E-state index in [1.54, 1.807) is 0 Å². The molecular formula is C6H9N2O5-. The fraction of sp³-hybridized carbons (Fsp3) is 0.500. The van der Waals surface area contributed by atoms with Crippen LogP contribution in [0.1, 0.15) is 0 Å². The lowest BCUT2D eigenvalue weighted by atomic mass is 10.3. The first-order valence-electron chi connectivity index (χ1n) is 2.97. The molecule has 0 bridgehead atoms. The molecule has 0 amide bonds. The van der Waals surface area contributed by atoms with E-state index < -0.39 is 18.0 Å². The third kappa shape index (κ3) is 6.67. The molecule has 0 spiro atoms. The Morgan fingerprint density at radius 2 is 1.54 bits per heavy atom. The van der Waals surface area contributed by atoms with E-state index >= 15 is 0 Å². The smallest absolute Gasteiger partial charge is 0.334 e. The first kappa shape index (κ1) is 13.8. The summed E-state index contributed by atoms with van der Waals surface area (Å²) in [6.07, 6.45) is 0.500. The van der Waals surface area contributed by atoms with Gasteiger partial charge in [-0.05, 0) is 6.08 Å². The van der Waals surface area contributed by atoms with Crippen molar-refractivity contribution in [1.29, 1.82) is 0 Å². The Balaban J connectivity index is 0. The van der Waals surface area contributed by atoms with Gasteiger partial charge in [0.25, 0.3) is 0 Å². The summed E-state index contributed by atoms with van der Waals surface area (Å²) in [6.45, 7) is 0. The van der Waals surface area contributed by atoms with Gasteiger partial charge in [-0.2, -0.15) is 0 Å². The van der Waals surface area contributed by atoms with Crippen molar-refractivity contribution >= 4 is 18.0 Å². The van der Waals surface area contributed by atoms with Crippen LogP contribution >= 0.6 is 0 Å². The van der Waals surface area contributed by atoms with Crippen molar-refractivity contribution in [2.24, 2.45) is 5.73 Å². The van der Waals surface area contributed by atoms with Gasteiger partial charge in [0, 0.05) is 0 Å². The number of esters is 2. The normalized spacial score (nSPS) is 7.69. The molecule has 0 aromatic rings. The minimum atomic E-state index is -1.32. The summed E-state index contributed by atoms with van der Waals surface area (Å²) in [6, 6.07) is -1.32. The molecule has 2 N–H and O–H groups in total. The van der Waals surface area contributed by atoms with Gasteiger partial charge in [-0.15, -0.1) is 0 Å². The summed E-state index contributed by atoms with van der Waals surface area (Å²) in [5, 5.41) is 6.76. The molecule has 0 aliphatic carbocycles. The van der Waals surface area contributed by atoms with E-state index in [0.29, 0.717) is 6.08 Å². The molecule has 0 aromatic heterocycles. The summed E-state index contributed by atoms with van der Waals surface area (Å²) in [7, 11) is 2.29. The maximum absolute atomic E-state index is 10.5. The first-order chi connectivity index (χ1) is 6.04. The van der Waals surface area contributed by atoms with Crippen molar-refractivity contribution in [3.8, 4) is 0 Å². The zero-order chi connectivity index (χ0) is 10.9. The second-order valence-electron chi connectivity index (χ2n) is 1.62. The van der Waals surface area contributed by atoms with Crippen LogP contribution in [0.25, 0.3) is 5.41 Å². The molecule has 7 heteroatoms. The number of carbonyl (C=O) groups is 2. The third-order valence-corrected chi connectivity index (χ3v) is 0.910. The van der Waals surface area contributed by atoms with Crippen LogP contribution in [0.3, 0.4) is 0 Å². The molecule has 0 atom stereocenters. The molecule has 0 saturated carbocycles. The molecule has 0 unspecified atom stereocenters. The summed E-state index contributed by atoms with van der Waals surface area (Å²) in [5.41, 5.74) is 5.03. The fourth-order valence-electron chi connectivity index (χ4n) is 0.350. The predicted octanol–water partition coefficient (Wildman–Crippen LogP) is -1.45. The number of rotatable bonds is 2. The molecule has 13 heavy (non-hydrogen) atoms. The molecule has 0 aromatic carbocycles. The third-order valence-electron chi connectivity index (χ3n) is 0.910. The van der Waals surface area contributed by atoms with Crippen LogP contribution in [0.4, 0.5) is 0 Å². The quantitative estimate of drug-likeness (QED) is 0.246. The number of nitrogens with two attached hydrogens (primary N) is 1. The van der Waals surface area contributed by atoms with Crippen LogP contribution in [0.5, 0.6) is 0 Å². The minimum absolute atomic E-state index is 0.500. The van der Waals surface area contributed by atoms with Gasteiger partial charge in [0.05, 0.1) is 14.2 Å². The zero-order valence-corrected chi connectivity index (χ0v) is 7.14. The monoisotopic (exact) mass is 189 g/mol. The maximum Gasteiger partial charge on any atom is 0.334 e. The summed E-state index contributed by atoms with van der Waals surface area (Å²) in [4.78, 5) is 29.2. The van der Waals surface area contributed by atoms with Gasteiger partial charge >= 0.3 is 11.9 Å². The van der Waals surface area contributed by atoms with Gasteiger partial charge in [-0.3, -0.25) is 4.79 Å². The molecular weight excluding hydrogens is 180 g/mol. The van der Waals surface area contributed by atoms with Crippen molar-refractivity contribution in [2.75, 3.05) is 14.2 Å². The number of hydrogen-bond acceptors (Lipinski definition) is 6. The Morgan fingerprint density at radius 1 is 1.31 bits per heavy atom. The highest BCUT2D eigenvalue weighted by Gasteiger charge is 2.22. The highest BCUT2D eigenvalue weighted by atomic mass is 16.5. The van der Waals surface area contributed by atoms with E-state index in [1.165, 1.54) is 0 Å². The van der Waals surface area contributed by atoms with Crippen molar-refractivity contribution in [3.05, 3.63) is 5.41 Å². The van der Waals surface area contributed by atoms with Crippen LogP contribution in [-0.2, 0) is 23.9 Å². The largest absolute Gasteiger partial charge is 0.724 e. The number of hydrogen-bond donors (Lipinski definition) is 1. The molecule has 7 nitrogen and oxygen atoms in total. The van der Waals surface area contributed by atoms with Gasteiger partial charge in [-0.25, -0.2) is 9.59 Å². The zero-order valence-electron chi connectivity index (χ0n) is 7.14. The van der Waals surface area contributed by atoms with Crippen LogP contribution in [0, 0.1) is 0 Å². The van der Waals surface area contributed by atoms with Crippen molar-refractivity contribution in [3.63, 3.8) is 0 Å². The van der Waals surface area contributed by atoms with Gasteiger partial charge in [-0.1, -0.05) is 0 Å². The lowest BCUT2D eigenvalue weighted by Gasteiger charge is -2.04. The number of methoxy groups -OCH3 is 2. The Hall–Kier alpha value is -1.72. The van der Waals surface area contributed by atoms with Crippen molar-refractivity contribution in [1.82, 2.24) is 0 Å². The standard InChI is InChI=1S/C5H9NO4.CNO/c1-9-4(7)3(6)5(8)10-2;2-1-3/h3H,6H2,1-2H3;/q;-1. The SMILES string of the molecule is COC(=O)C(N)C(=O)OC.[N-]=C=O. The summed E-state index contributed by atoms with van der Waals surface area (Å²) < 4.78 is 8.34. The number of carbonyl (C=O) groups excluding carboxylic acids is 3. The van der Waals surface area contributed by atoms with E-state index in [4.69, 9.17) is 15.9 Å². The minimum Gasteiger partial charge on any atom is -0.724 e. The average molecular weight is 189 g/mol. The van der Waals surface area contributed by atoms with E-state index in [2.05, 4.69) is 9.47 Å². The second kappa shape index (κ2) is 8.38.